The largest absolute Gasteiger partial charge is 0.329 e. The number of piperidine rings is 1. The van der Waals surface area contributed by atoms with E-state index in [0.29, 0.717) is 0 Å². The maximum absolute atomic E-state index is 6.09. The first kappa shape index (κ1) is 15.0. The van der Waals surface area contributed by atoms with Crippen LogP contribution in [-0.4, -0.2) is 30.1 Å². The molecule has 2 N–H and O–H groups in total. The van der Waals surface area contributed by atoms with Gasteiger partial charge in [0.15, 0.2) is 0 Å². The van der Waals surface area contributed by atoms with E-state index in [0.717, 1.165) is 18.4 Å². The van der Waals surface area contributed by atoms with Gasteiger partial charge in [-0.25, -0.2) is 0 Å². The number of nitrogens with two attached hydrogens (primary N) is 1. The smallest absolute Gasteiger partial charge is 0.0329 e. The molecule has 1 aliphatic rings. The van der Waals surface area contributed by atoms with Crippen LogP contribution in [-0.2, 0) is 0 Å². The molecule has 1 saturated heterocycles. The van der Waals surface area contributed by atoms with Crippen LogP contribution in [0.1, 0.15) is 59.8 Å². The highest BCUT2D eigenvalue weighted by molar-refractivity contribution is 4.92. The van der Waals surface area contributed by atoms with Crippen LogP contribution in [0, 0.1) is 11.8 Å². The summed E-state index contributed by atoms with van der Waals surface area (Å²) in [7, 11) is 0. The summed E-state index contributed by atoms with van der Waals surface area (Å²) in [5, 5.41) is 0. The molecule has 1 rings (SSSR count). The molecule has 0 saturated carbocycles. The first-order valence-corrected chi connectivity index (χ1v) is 7.54. The Kier molecular flexibility index (Phi) is 5.94. The molecule has 0 aromatic carbocycles. The van der Waals surface area contributed by atoms with E-state index in [2.05, 4.69) is 32.6 Å². The highest BCUT2D eigenvalue weighted by Crippen LogP contribution is 2.32. The van der Waals surface area contributed by atoms with Gasteiger partial charge in [0.25, 0.3) is 0 Å². The van der Waals surface area contributed by atoms with E-state index in [9.17, 15) is 0 Å². The average molecular weight is 240 g/mol. The lowest BCUT2D eigenvalue weighted by Crippen LogP contribution is -2.56. The minimum atomic E-state index is 0.288. The fraction of sp³-hybridized carbons (Fsp3) is 1.00. The van der Waals surface area contributed by atoms with Gasteiger partial charge in [0.1, 0.15) is 0 Å². The predicted octanol–water partition coefficient (Wildman–Crippen LogP) is 3.26. The van der Waals surface area contributed by atoms with Gasteiger partial charge in [-0.3, -0.25) is 4.90 Å². The summed E-state index contributed by atoms with van der Waals surface area (Å²) in [4.78, 5) is 2.69. The summed E-state index contributed by atoms with van der Waals surface area (Å²) in [6, 6.07) is 0. The molecule has 2 heteroatoms. The van der Waals surface area contributed by atoms with Crippen LogP contribution in [0.3, 0.4) is 0 Å². The second kappa shape index (κ2) is 6.75. The van der Waals surface area contributed by atoms with Crippen LogP contribution >= 0.6 is 0 Å². The maximum Gasteiger partial charge on any atom is 0.0329 e. The Bertz CT molecular complexity index is 201. The summed E-state index contributed by atoms with van der Waals surface area (Å²) < 4.78 is 0. The Morgan fingerprint density at radius 3 is 2.18 bits per heavy atom. The number of rotatable bonds is 6. The second-order valence-electron chi connectivity index (χ2n) is 6.10. The molecule has 1 heterocycles. The van der Waals surface area contributed by atoms with Crippen LogP contribution in [0.25, 0.3) is 0 Å². The van der Waals surface area contributed by atoms with Gasteiger partial charge < -0.3 is 5.73 Å². The summed E-state index contributed by atoms with van der Waals surface area (Å²) in [6.07, 6.45) is 6.43. The fourth-order valence-electron chi connectivity index (χ4n) is 3.44. The summed E-state index contributed by atoms with van der Waals surface area (Å²) in [5.41, 5.74) is 6.38. The van der Waals surface area contributed by atoms with Gasteiger partial charge in [-0.15, -0.1) is 0 Å². The van der Waals surface area contributed by atoms with Gasteiger partial charge in [-0.2, -0.15) is 0 Å². The molecule has 17 heavy (non-hydrogen) atoms. The van der Waals surface area contributed by atoms with E-state index in [1.165, 1.54) is 45.2 Å². The third-order valence-electron chi connectivity index (χ3n) is 4.91. The van der Waals surface area contributed by atoms with Crippen molar-refractivity contribution in [2.45, 2.75) is 65.3 Å². The van der Waals surface area contributed by atoms with Crippen LogP contribution in [0.4, 0.5) is 0 Å². The molecular formula is C15H32N2. The van der Waals surface area contributed by atoms with Crippen molar-refractivity contribution in [1.82, 2.24) is 4.90 Å². The lowest BCUT2D eigenvalue weighted by Gasteiger charge is -2.47. The first-order chi connectivity index (χ1) is 8.09. The Morgan fingerprint density at radius 1 is 1.24 bits per heavy atom. The standard InChI is InChI=1S/C15H32N2/c1-5-9-15(6-2,12-16)17-10-7-14(8-11-17)13(3)4/h13-14H,5-12,16H2,1-4H3. The van der Waals surface area contributed by atoms with E-state index in [4.69, 9.17) is 5.73 Å². The average Bonchev–Trinajstić information content (AvgIpc) is 2.36. The molecule has 2 nitrogen and oxygen atoms in total. The Labute approximate surface area is 108 Å². The molecule has 0 aromatic rings. The zero-order valence-corrected chi connectivity index (χ0v) is 12.3. The first-order valence-electron chi connectivity index (χ1n) is 7.54. The minimum absolute atomic E-state index is 0.288. The summed E-state index contributed by atoms with van der Waals surface area (Å²) >= 11 is 0. The van der Waals surface area contributed by atoms with Crippen LogP contribution in [0.5, 0.6) is 0 Å². The van der Waals surface area contributed by atoms with Gasteiger partial charge in [0.05, 0.1) is 0 Å². The Morgan fingerprint density at radius 2 is 1.82 bits per heavy atom. The van der Waals surface area contributed by atoms with E-state index in [1.54, 1.807) is 0 Å². The van der Waals surface area contributed by atoms with Crippen molar-refractivity contribution < 1.29 is 0 Å². The number of hydrogen-bond acceptors (Lipinski definition) is 2. The number of likely N-dealkylation sites (tertiary alicyclic amines) is 1. The van der Waals surface area contributed by atoms with Crippen molar-refractivity contribution in [1.29, 1.82) is 0 Å². The van der Waals surface area contributed by atoms with E-state index < -0.39 is 0 Å². The zero-order valence-electron chi connectivity index (χ0n) is 12.3. The molecule has 102 valence electrons. The van der Waals surface area contributed by atoms with E-state index in [1.807, 2.05) is 0 Å². The monoisotopic (exact) mass is 240 g/mol. The molecule has 0 aromatic heterocycles. The molecule has 1 atom stereocenters. The van der Waals surface area contributed by atoms with Gasteiger partial charge in [-0.05, 0) is 50.6 Å². The van der Waals surface area contributed by atoms with E-state index >= 15 is 0 Å². The molecule has 1 fully saturated rings. The van der Waals surface area contributed by atoms with Crippen molar-refractivity contribution in [3.05, 3.63) is 0 Å². The maximum atomic E-state index is 6.09. The fourth-order valence-corrected chi connectivity index (χ4v) is 3.44. The van der Waals surface area contributed by atoms with Gasteiger partial charge in [0, 0.05) is 12.1 Å². The molecule has 0 aliphatic carbocycles. The van der Waals surface area contributed by atoms with E-state index in [-0.39, 0.29) is 5.54 Å². The van der Waals surface area contributed by atoms with Crippen molar-refractivity contribution in [2.24, 2.45) is 17.6 Å². The summed E-state index contributed by atoms with van der Waals surface area (Å²) in [6.45, 7) is 12.6. The number of hydrogen-bond donors (Lipinski definition) is 1. The zero-order chi connectivity index (χ0) is 12.9. The Hall–Kier alpha value is -0.0800. The second-order valence-corrected chi connectivity index (χ2v) is 6.10. The summed E-state index contributed by atoms with van der Waals surface area (Å²) in [5.74, 6) is 1.78. The topological polar surface area (TPSA) is 29.3 Å². The SMILES string of the molecule is CCCC(CC)(CN)N1CCC(C(C)C)CC1. The van der Waals surface area contributed by atoms with Crippen molar-refractivity contribution in [3.63, 3.8) is 0 Å². The van der Waals surface area contributed by atoms with Crippen molar-refractivity contribution >= 4 is 0 Å². The van der Waals surface area contributed by atoms with Crippen molar-refractivity contribution in [3.8, 4) is 0 Å². The van der Waals surface area contributed by atoms with Crippen LogP contribution < -0.4 is 5.73 Å². The van der Waals surface area contributed by atoms with Gasteiger partial charge >= 0.3 is 0 Å². The minimum Gasteiger partial charge on any atom is -0.329 e. The quantitative estimate of drug-likeness (QED) is 0.772. The molecular weight excluding hydrogens is 208 g/mol. The van der Waals surface area contributed by atoms with Crippen LogP contribution in [0.15, 0.2) is 0 Å². The normalized spacial score (nSPS) is 22.9. The predicted molar refractivity (Wildman–Crippen MR) is 76.1 cm³/mol. The third kappa shape index (κ3) is 3.45. The number of nitrogens with zero attached hydrogens (tertiary/aromatic N) is 1. The molecule has 0 amide bonds. The Balaban J connectivity index is 2.60. The van der Waals surface area contributed by atoms with Gasteiger partial charge in [0.2, 0.25) is 0 Å². The molecule has 0 spiro atoms. The molecule has 0 bridgehead atoms. The lowest BCUT2D eigenvalue weighted by molar-refractivity contribution is 0.0361. The van der Waals surface area contributed by atoms with Crippen molar-refractivity contribution in [2.75, 3.05) is 19.6 Å². The lowest BCUT2D eigenvalue weighted by atomic mass is 9.82. The van der Waals surface area contributed by atoms with Crippen LogP contribution in [0.2, 0.25) is 0 Å². The van der Waals surface area contributed by atoms with Gasteiger partial charge in [-0.1, -0.05) is 34.1 Å². The highest BCUT2D eigenvalue weighted by atomic mass is 15.2. The molecule has 0 radical (unpaired) electrons. The molecule has 1 unspecified atom stereocenters. The third-order valence-corrected chi connectivity index (χ3v) is 4.91. The highest BCUT2D eigenvalue weighted by Gasteiger charge is 2.35. The molecule has 1 aliphatic heterocycles.